The predicted molar refractivity (Wildman–Crippen MR) is 72.1 cm³/mol. The Bertz CT molecular complexity index is 334. The lowest BCUT2D eigenvalue weighted by Gasteiger charge is -2.12. The van der Waals surface area contributed by atoms with Gasteiger partial charge in [-0.15, -0.1) is 0 Å². The van der Waals surface area contributed by atoms with Gasteiger partial charge in [0.2, 0.25) is 5.91 Å². The van der Waals surface area contributed by atoms with Crippen molar-refractivity contribution in [3.63, 3.8) is 0 Å². The van der Waals surface area contributed by atoms with Crippen molar-refractivity contribution >= 4 is 5.91 Å². The molecule has 1 aromatic rings. The average molecular weight is 252 g/mol. The highest BCUT2D eigenvalue weighted by atomic mass is 16.3. The molecule has 0 aliphatic heterocycles. The van der Waals surface area contributed by atoms with Crippen molar-refractivity contribution in [2.24, 2.45) is 11.7 Å². The molecule has 0 aromatic carbocycles. The summed E-state index contributed by atoms with van der Waals surface area (Å²) in [5.74, 6) is 1.08. The monoisotopic (exact) mass is 252 g/mol. The Morgan fingerprint density at radius 1 is 1.44 bits per heavy atom. The molecule has 4 heteroatoms. The number of carbonyl (C=O) groups is 1. The lowest BCUT2D eigenvalue weighted by atomic mass is 10.0. The number of nitrogens with two attached hydrogens (primary N) is 1. The van der Waals surface area contributed by atoms with E-state index >= 15 is 0 Å². The summed E-state index contributed by atoms with van der Waals surface area (Å²) in [6.45, 7) is 4.58. The summed E-state index contributed by atoms with van der Waals surface area (Å²) in [5, 5.41) is 2.93. The molecular weight excluding hydrogens is 228 g/mol. The molecule has 0 saturated heterocycles. The molecule has 0 aliphatic rings. The van der Waals surface area contributed by atoms with Crippen LogP contribution in [-0.4, -0.2) is 18.5 Å². The van der Waals surface area contributed by atoms with Crippen molar-refractivity contribution < 1.29 is 9.21 Å². The molecule has 0 fully saturated rings. The standard InChI is InChI=1S/C14H24N2O2/c1-11(5-3-6-12(2)15)14(17)16-9-8-13-7-4-10-18-13/h4,7,10-12H,3,5-6,8-9,15H2,1-2H3,(H,16,17). The van der Waals surface area contributed by atoms with Gasteiger partial charge in [0.05, 0.1) is 6.26 Å². The van der Waals surface area contributed by atoms with Crippen LogP contribution in [0.15, 0.2) is 22.8 Å². The zero-order chi connectivity index (χ0) is 13.4. The molecule has 1 rings (SSSR count). The zero-order valence-corrected chi connectivity index (χ0v) is 11.3. The summed E-state index contributed by atoms with van der Waals surface area (Å²) >= 11 is 0. The highest BCUT2D eigenvalue weighted by Gasteiger charge is 2.12. The summed E-state index contributed by atoms with van der Waals surface area (Å²) in [6.07, 6.45) is 5.27. The van der Waals surface area contributed by atoms with Gasteiger partial charge >= 0.3 is 0 Å². The predicted octanol–water partition coefficient (Wildman–Crippen LogP) is 2.09. The van der Waals surface area contributed by atoms with E-state index in [2.05, 4.69) is 5.32 Å². The Kier molecular flexibility index (Phi) is 6.50. The van der Waals surface area contributed by atoms with Gasteiger partial charge in [-0.05, 0) is 31.9 Å². The van der Waals surface area contributed by atoms with Crippen LogP contribution in [-0.2, 0) is 11.2 Å². The Hall–Kier alpha value is -1.29. The molecular formula is C14H24N2O2. The van der Waals surface area contributed by atoms with Crippen molar-refractivity contribution in [1.29, 1.82) is 0 Å². The van der Waals surface area contributed by atoms with Gasteiger partial charge in [-0.2, -0.15) is 0 Å². The topological polar surface area (TPSA) is 68.3 Å². The van der Waals surface area contributed by atoms with E-state index in [1.807, 2.05) is 26.0 Å². The fourth-order valence-corrected chi connectivity index (χ4v) is 1.82. The number of hydrogen-bond acceptors (Lipinski definition) is 3. The van der Waals surface area contributed by atoms with Gasteiger partial charge in [-0.1, -0.05) is 13.3 Å². The molecule has 3 N–H and O–H groups in total. The van der Waals surface area contributed by atoms with Crippen LogP contribution in [0, 0.1) is 5.92 Å². The van der Waals surface area contributed by atoms with E-state index in [1.165, 1.54) is 0 Å². The third kappa shape index (κ3) is 5.87. The first kappa shape index (κ1) is 14.8. The molecule has 102 valence electrons. The number of amides is 1. The molecule has 0 radical (unpaired) electrons. The van der Waals surface area contributed by atoms with Crippen molar-refractivity contribution in [2.75, 3.05) is 6.54 Å². The number of nitrogens with one attached hydrogen (secondary N) is 1. The maximum atomic E-state index is 11.8. The summed E-state index contributed by atoms with van der Waals surface area (Å²) in [6, 6.07) is 3.99. The summed E-state index contributed by atoms with van der Waals surface area (Å²) in [4.78, 5) is 11.8. The summed E-state index contributed by atoms with van der Waals surface area (Å²) in [5.41, 5.74) is 5.68. The van der Waals surface area contributed by atoms with Gasteiger partial charge in [-0.25, -0.2) is 0 Å². The van der Waals surface area contributed by atoms with Crippen LogP contribution in [0.3, 0.4) is 0 Å². The van der Waals surface area contributed by atoms with Crippen LogP contribution in [0.4, 0.5) is 0 Å². The molecule has 0 bridgehead atoms. The third-order valence-electron chi connectivity index (χ3n) is 2.99. The quantitative estimate of drug-likeness (QED) is 0.744. The highest BCUT2D eigenvalue weighted by molar-refractivity contribution is 5.78. The minimum atomic E-state index is 0.0559. The number of rotatable bonds is 8. The Morgan fingerprint density at radius 2 is 2.22 bits per heavy atom. The van der Waals surface area contributed by atoms with Crippen LogP contribution >= 0.6 is 0 Å². The highest BCUT2D eigenvalue weighted by Crippen LogP contribution is 2.09. The third-order valence-corrected chi connectivity index (χ3v) is 2.99. The molecule has 2 atom stereocenters. The molecule has 18 heavy (non-hydrogen) atoms. The summed E-state index contributed by atoms with van der Waals surface area (Å²) in [7, 11) is 0. The number of hydrogen-bond donors (Lipinski definition) is 2. The van der Waals surface area contributed by atoms with Crippen molar-refractivity contribution in [3.05, 3.63) is 24.2 Å². The minimum absolute atomic E-state index is 0.0559. The number of furan rings is 1. The van der Waals surface area contributed by atoms with Gasteiger partial charge < -0.3 is 15.5 Å². The van der Waals surface area contributed by atoms with Crippen LogP contribution in [0.2, 0.25) is 0 Å². The maximum Gasteiger partial charge on any atom is 0.222 e. The van der Waals surface area contributed by atoms with Gasteiger partial charge in [0.1, 0.15) is 5.76 Å². The van der Waals surface area contributed by atoms with Gasteiger partial charge in [0.15, 0.2) is 0 Å². The lowest BCUT2D eigenvalue weighted by Crippen LogP contribution is -2.31. The van der Waals surface area contributed by atoms with E-state index in [-0.39, 0.29) is 17.9 Å². The van der Waals surface area contributed by atoms with Crippen molar-refractivity contribution in [2.45, 2.75) is 45.6 Å². The lowest BCUT2D eigenvalue weighted by molar-refractivity contribution is -0.124. The minimum Gasteiger partial charge on any atom is -0.469 e. The Balaban J connectivity index is 2.11. The second kappa shape index (κ2) is 7.93. The van der Waals surface area contributed by atoms with E-state index in [4.69, 9.17) is 10.2 Å². The van der Waals surface area contributed by atoms with Crippen LogP contribution < -0.4 is 11.1 Å². The molecule has 0 saturated carbocycles. The zero-order valence-electron chi connectivity index (χ0n) is 11.3. The molecule has 0 aliphatic carbocycles. The molecule has 1 amide bonds. The van der Waals surface area contributed by atoms with E-state index in [1.54, 1.807) is 6.26 Å². The molecule has 1 heterocycles. The first-order valence-electron chi connectivity index (χ1n) is 6.65. The second-order valence-corrected chi connectivity index (χ2v) is 4.93. The largest absolute Gasteiger partial charge is 0.469 e. The van der Waals surface area contributed by atoms with Crippen molar-refractivity contribution in [3.8, 4) is 0 Å². The van der Waals surface area contributed by atoms with E-state index in [9.17, 15) is 4.79 Å². The van der Waals surface area contributed by atoms with E-state index in [0.29, 0.717) is 6.54 Å². The van der Waals surface area contributed by atoms with Crippen LogP contribution in [0.5, 0.6) is 0 Å². The molecule has 4 nitrogen and oxygen atoms in total. The number of carbonyl (C=O) groups excluding carboxylic acids is 1. The van der Waals surface area contributed by atoms with E-state index < -0.39 is 0 Å². The van der Waals surface area contributed by atoms with Gasteiger partial charge in [0.25, 0.3) is 0 Å². The first-order valence-corrected chi connectivity index (χ1v) is 6.65. The smallest absolute Gasteiger partial charge is 0.222 e. The normalized spacial score (nSPS) is 14.2. The average Bonchev–Trinajstić information content (AvgIpc) is 2.81. The molecule has 2 unspecified atom stereocenters. The SMILES string of the molecule is CC(N)CCCC(C)C(=O)NCCc1ccco1. The van der Waals surface area contributed by atoms with Crippen LogP contribution in [0.1, 0.15) is 38.9 Å². The Labute approximate surface area is 109 Å². The fraction of sp³-hybridized carbons (Fsp3) is 0.643. The Morgan fingerprint density at radius 3 is 2.83 bits per heavy atom. The van der Waals surface area contributed by atoms with Gasteiger partial charge in [-0.3, -0.25) is 4.79 Å². The van der Waals surface area contributed by atoms with Crippen LogP contribution in [0.25, 0.3) is 0 Å². The molecule has 1 aromatic heterocycles. The second-order valence-electron chi connectivity index (χ2n) is 4.93. The van der Waals surface area contributed by atoms with Gasteiger partial charge in [0, 0.05) is 24.9 Å². The first-order chi connectivity index (χ1) is 8.59. The molecule has 0 spiro atoms. The maximum absolute atomic E-state index is 11.8. The van der Waals surface area contributed by atoms with E-state index in [0.717, 1.165) is 31.4 Å². The summed E-state index contributed by atoms with van der Waals surface area (Å²) < 4.78 is 5.20. The fourth-order valence-electron chi connectivity index (χ4n) is 1.82. The van der Waals surface area contributed by atoms with Crippen molar-refractivity contribution in [1.82, 2.24) is 5.32 Å².